The smallest absolute Gasteiger partial charge is 0.260 e. The SMILES string of the molecule is COc1cc(OCC(=O)N2CCCCCC2)cc(-c2ccccc2C)c1. The molecular formula is C22H27NO3. The number of ether oxygens (including phenoxy) is 2. The summed E-state index contributed by atoms with van der Waals surface area (Å²) in [6, 6.07) is 14.0. The minimum atomic E-state index is 0.0622. The molecular weight excluding hydrogens is 326 g/mol. The highest BCUT2D eigenvalue weighted by atomic mass is 16.5. The number of carbonyl (C=O) groups is 1. The number of rotatable bonds is 5. The van der Waals surface area contributed by atoms with Crippen LogP contribution in [0.25, 0.3) is 11.1 Å². The van der Waals surface area contributed by atoms with Gasteiger partial charge in [-0.1, -0.05) is 37.1 Å². The lowest BCUT2D eigenvalue weighted by molar-refractivity contribution is -0.133. The Morgan fingerprint density at radius 2 is 1.69 bits per heavy atom. The molecule has 1 aliphatic rings. The third-order valence-corrected chi connectivity index (χ3v) is 4.89. The summed E-state index contributed by atoms with van der Waals surface area (Å²) in [5.74, 6) is 1.45. The maximum atomic E-state index is 12.5. The molecule has 2 aromatic rings. The fraction of sp³-hybridized carbons (Fsp3) is 0.409. The molecule has 1 fully saturated rings. The molecule has 0 bridgehead atoms. The van der Waals surface area contributed by atoms with Gasteiger partial charge in [-0.3, -0.25) is 4.79 Å². The molecule has 2 aromatic carbocycles. The van der Waals surface area contributed by atoms with Gasteiger partial charge in [0.25, 0.3) is 5.91 Å². The molecule has 26 heavy (non-hydrogen) atoms. The molecule has 0 N–H and O–H groups in total. The predicted molar refractivity (Wildman–Crippen MR) is 104 cm³/mol. The Bertz CT molecular complexity index is 749. The fourth-order valence-corrected chi connectivity index (χ4v) is 3.38. The van der Waals surface area contributed by atoms with E-state index in [4.69, 9.17) is 9.47 Å². The molecule has 138 valence electrons. The minimum Gasteiger partial charge on any atom is -0.497 e. The van der Waals surface area contributed by atoms with Crippen molar-refractivity contribution in [2.75, 3.05) is 26.8 Å². The van der Waals surface area contributed by atoms with Gasteiger partial charge in [0.15, 0.2) is 6.61 Å². The number of hydrogen-bond acceptors (Lipinski definition) is 3. The van der Waals surface area contributed by atoms with Crippen LogP contribution in [-0.4, -0.2) is 37.6 Å². The highest BCUT2D eigenvalue weighted by Gasteiger charge is 2.16. The predicted octanol–water partition coefficient (Wildman–Crippen LogP) is 4.45. The van der Waals surface area contributed by atoms with E-state index in [0.29, 0.717) is 5.75 Å². The van der Waals surface area contributed by atoms with E-state index < -0.39 is 0 Å². The van der Waals surface area contributed by atoms with E-state index in [2.05, 4.69) is 19.1 Å². The minimum absolute atomic E-state index is 0.0622. The van der Waals surface area contributed by atoms with Crippen molar-refractivity contribution in [1.29, 1.82) is 0 Å². The van der Waals surface area contributed by atoms with Crippen molar-refractivity contribution in [2.45, 2.75) is 32.6 Å². The van der Waals surface area contributed by atoms with Crippen molar-refractivity contribution in [1.82, 2.24) is 4.90 Å². The number of nitrogens with zero attached hydrogens (tertiary/aromatic N) is 1. The molecule has 0 aromatic heterocycles. The molecule has 1 saturated heterocycles. The van der Waals surface area contributed by atoms with E-state index in [9.17, 15) is 4.79 Å². The quantitative estimate of drug-likeness (QED) is 0.797. The summed E-state index contributed by atoms with van der Waals surface area (Å²) >= 11 is 0. The highest BCUT2D eigenvalue weighted by Crippen LogP contribution is 2.31. The second-order valence-corrected chi connectivity index (χ2v) is 6.80. The Hall–Kier alpha value is -2.49. The van der Waals surface area contributed by atoms with Gasteiger partial charge in [-0.2, -0.15) is 0 Å². The molecule has 0 spiro atoms. The highest BCUT2D eigenvalue weighted by molar-refractivity contribution is 5.78. The van der Waals surface area contributed by atoms with E-state index in [-0.39, 0.29) is 12.5 Å². The summed E-state index contributed by atoms with van der Waals surface area (Å²) in [5, 5.41) is 0. The average Bonchev–Trinajstić information content (AvgIpc) is 2.95. The number of likely N-dealkylation sites (tertiary alicyclic amines) is 1. The molecule has 1 aliphatic heterocycles. The lowest BCUT2D eigenvalue weighted by atomic mass is 10.0. The van der Waals surface area contributed by atoms with E-state index in [0.717, 1.165) is 42.8 Å². The van der Waals surface area contributed by atoms with E-state index in [1.165, 1.54) is 18.4 Å². The first-order valence-electron chi connectivity index (χ1n) is 9.33. The standard InChI is InChI=1S/C22H27NO3/c1-17-9-5-6-10-21(17)18-13-19(25-2)15-20(14-18)26-16-22(24)23-11-7-3-4-8-12-23/h5-6,9-10,13-15H,3-4,7-8,11-12,16H2,1-2H3. The largest absolute Gasteiger partial charge is 0.497 e. The van der Waals surface area contributed by atoms with Crippen molar-refractivity contribution >= 4 is 5.91 Å². The van der Waals surface area contributed by atoms with E-state index in [1.54, 1.807) is 7.11 Å². The number of hydrogen-bond donors (Lipinski definition) is 0. The van der Waals surface area contributed by atoms with Gasteiger partial charge >= 0.3 is 0 Å². The maximum Gasteiger partial charge on any atom is 0.260 e. The van der Waals surface area contributed by atoms with Crippen molar-refractivity contribution in [3.63, 3.8) is 0 Å². The molecule has 4 heteroatoms. The summed E-state index contributed by atoms with van der Waals surface area (Å²) in [5.41, 5.74) is 3.35. The van der Waals surface area contributed by atoms with Crippen molar-refractivity contribution in [3.8, 4) is 22.6 Å². The second-order valence-electron chi connectivity index (χ2n) is 6.80. The van der Waals surface area contributed by atoms with Crippen LogP contribution < -0.4 is 9.47 Å². The lowest BCUT2D eigenvalue weighted by Crippen LogP contribution is -2.35. The van der Waals surface area contributed by atoms with E-state index in [1.807, 2.05) is 35.2 Å². The van der Waals surface area contributed by atoms with Crippen LogP contribution in [-0.2, 0) is 4.79 Å². The Kier molecular flexibility index (Phi) is 6.16. The van der Waals surface area contributed by atoms with Gasteiger partial charge in [0.1, 0.15) is 11.5 Å². The Labute approximate surface area is 155 Å². The van der Waals surface area contributed by atoms with Crippen molar-refractivity contribution < 1.29 is 14.3 Å². The topological polar surface area (TPSA) is 38.8 Å². The van der Waals surface area contributed by atoms with Crippen molar-refractivity contribution in [2.24, 2.45) is 0 Å². The van der Waals surface area contributed by atoms with Gasteiger partial charge < -0.3 is 14.4 Å². The summed E-state index contributed by atoms with van der Waals surface area (Å²) in [6.45, 7) is 3.84. The van der Waals surface area contributed by atoms with Crippen LogP contribution in [0.2, 0.25) is 0 Å². The number of benzene rings is 2. The molecule has 3 rings (SSSR count). The third-order valence-electron chi connectivity index (χ3n) is 4.89. The van der Waals surface area contributed by atoms with Crippen LogP contribution in [0.3, 0.4) is 0 Å². The average molecular weight is 353 g/mol. The maximum absolute atomic E-state index is 12.5. The van der Waals surface area contributed by atoms with Gasteiger partial charge in [-0.05, 0) is 48.6 Å². The number of amides is 1. The van der Waals surface area contributed by atoms with Gasteiger partial charge in [0.2, 0.25) is 0 Å². The van der Waals surface area contributed by atoms with Gasteiger partial charge in [-0.25, -0.2) is 0 Å². The zero-order valence-corrected chi connectivity index (χ0v) is 15.7. The summed E-state index contributed by atoms with van der Waals surface area (Å²) in [7, 11) is 1.64. The van der Waals surface area contributed by atoms with Crippen LogP contribution in [0.1, 0.15) is 31.2 Å². The fourth-order valence-electron chi connectivity index (χ4n) is 3.38. The summed E-state index contributed by atoms with van der Waals surface area (Å²) in [6.07, 6.45) is 4.59. The van der Waals surface area contributed by atoms with Crippen LogP contribution in [0, 0.1) is 6.92 Å². The first kappa shape index (κ1) is 18.3. The first-order valence-corrected chi connectivity index (χ1v) is 9.33. The zero-order valence-electron chi connectivity index (χ0n) is 15.7. The Balaban J connectivity index is 1.74. The monoisotopic (exact) mass is 353 g/mol. The molecule has 0 atom stereocenters. The molecule has 1 heterocycles. The number of methoxy groups -OCH3 is 1. The molecule has 4 nitrogen and oxygen atoms in total. The van der Waals surface area contributed by atoms with E-state index >= 15 is 0 Å². The Morgan fingerprint density at radius 1 is 1.00 bits per heavy atom. The Morgan fingerprint density at radius 3 is 2.38 bits per heavy atom. The second kappa shape index (κ2) is 8.75. The van der Waals surface area contributed by atoms with Crippen LogP contribution >= 0.6 is 0 Å². The summed E-state index contributed by atoms with van der Waals surface area (Å²) < 4.78 is 11.3. The molecule has 0 unspecified atom stereocenters. The van der Waals surface area contributed by atoms with Gasteiger partial charge in [0.05, 0.1) is 7.11 Å². The molecule has 0 radical (unpaired) electrons. The van der Waals surface area contributed by atoms with Gasteiger partial charge in [0, 0.05) is 19.2 Å². The molecule has 0 saturated carbocycles. The van der Waals surface area contributed by atoms with Crippen LogP contribution in [0.15, 0.2) is 42.5 Å². The lowest BCUT2D eigenvalue weighted by Gasteiger charge is -2.20. The van der Waals surface area contributed by atoms with Crippen LogP contribution in [0.5, 0.6) is 11.5 Å². The zero-order chi connectivity index (χ0) is 18.4. The van der Waals surface area contributed by atoms with Crippen molar-refractivity contribution in [3.05, 3.63) is 48.0 Å². The summed E-state index contributed by atoms with van der Waals surface area (Å²) in [4.78, 5) is 14.4. The first-order chi connectivity index (χ1) is 12.7. The third kappa shape index (κ3) is 4.57. The van der Waals surface area contributed by atoms with Gasteiger partial charge in [-0.15, -0.1) is 0 Å². The number of aryl methyl sites for hydroxylation is 1. The molecule has 1 amide bonds. The number of carbonyl (C=O) groups excluding carboxylic acids is 1. The van der Waals surface area contributed by atoms with Crippen LogP contribution in [0.4, 0.5) is 0 Å². The normalized spacial score (nSPS) is 14.6. The molecule has 0 aliphatic carbocycles.